The molecule has 74 valence electrons. The molecule has 0 radical (unpaired) electrons. The van der Waals surface area contributed by atoms with E-state index in [-0.39, 0.29) is 5.92 Å². The van der Waals surface area contributed by atoms with Gasteiger partial charge < -0.3 is 0 Å². The van der Waals surface area contributed by atoms with Crippen LogP contribution < -0.4 is 0 Å². The maximum Gasteiger partial charge on any atom is 0.136 e. The average Bonchev–Trinajstić information content (AvgIpc) is 2.52. The monoisotopic (exact) mass is 189 g/mol. The van der Waals surface area contributed by atoms with Gasteiger partial charge in [-0.05, 0) is 37.3 Å². The molecule has 0 bridgehead atoms. The van der Waals surface area contributed by atoms with Crippen molar-refractivity contribution in [2.75, 3.05) is 0 Å². The van der Waals surface area contributed by atoms with Crippen LogP contribution in [0.1, 0.15) is 30.4 Å². The fourth-order valence-electron chi connectivity index (χ4n) is 2.12. The lowest BCUT2D eigenvalue weighted by molar-refractivity contribution is -0.120. The Morgan fingerprint density at radius 1 is 1.50 bits per heavy atom. The topological polar surface area (TPSA) is 30.0 Å². The van der Waals surface area contributed by atoms with Crippen LogP contribution in [0.2, 0.25) is 0 Å². The highest BCUT2D eigenvalue weighted by molar-refractivity contribution is 5.83. The normalized spacial score (nSPS) is 21.5. The summed E-state index contributed by atoms with van der Waals surface area (Å²) in [6, 6.07) is 2.12. The average molecular weight is 189 g/mol. The number of hydrogen-bond donors (Lipinski definition) is 0. The largest absolute Gasteiger partial charge is 0.299 e. The lowest BCUT2D eigenvalue weighted by Crippen LogP contribution is -2.09. The Bertz CT molecular complexity index is 346. The van der Waals surface area contributed by atoms with Gasteiger partial charge in [-0.25, -0.2) is 0 Å². The van der Waals surface area contributed by atoms with E-state index in [1.54, 1.807) is 0 Å². The van der Waals surface area contributed by atoms with E-state index in [9.17, 15) is 4.79 Å². The van der Waals surface area contributed by atoms with Crippen molar-refractivity contribution < 1.29 is 4.79 Å². The molecule has 2 rings (SSSR count). The van der Waals surface area contributed by atoms with Crippen LogP contribution in [0.15, 0.2) is 18.5 Å². The second kappa shape index (κ2) is 3.91. The number of carbonyl (C=O) groups is 1. The summed E-state index contributed by atoms with van der Waals surface area (Å²) in [6.07, 6.45) is 7.52. The maximum absolute atomic E-state index is 11.4. The van der Waals surface area contributed by atoms with E-state index in [0.717, 1.165) is 25.7 Å². The summed E-state index contributed by atoms with van der Waals surface area (Å²) in [6.45, 7) is 2.03. The maximum atomic E-state index is 11.4. The van der Waals surface area contributed by atoms with E-state index >= 15 is 0 Å². The molecule has 1 aromatic heterocycles. The molecule has 0 saturated heterocycles. The summed E-state index contributed by atoms with van der Waals surface area (Å²) in [5.74, 6) is 0.699. The number of rotatable bonds is 2. The molecule has 1 fully saturated rings. The second-order valence-corrected chi connectivity index (χ2v) is 4.13. The Morgan fingerprint density at radius 2 is 2.36 bits per heavy atom. The van der Waals surface area contributed by atoms with Crippen LogP contribution in [-0.4, -0.2) is 10.8 Å². The van der Waals surface area contributed by atoms with Gasteiger partial charge in [-0.15, -0.1) is 0 Å². The highest BCUT2D eigenvalue weighted by Crippen LogP contribution is 2.24. The van der Waals surface area contributed by atoms with Crippen LogP contribution in [0.25, 0.3) is 0 Å². The van der Waals surface area contributed by atoms with Crippen molar-refractivity contribution in [3.05, 3.63) is 29.6 Å². The highest BCUT2D eigenvalue weighted by atomic mass is 16.1. The molecule has 1 aromatic rings. The first kappa shape index (κ1) is 9.38. The van der Waals surface area contributed by atoms with Crippen molar-refractivity contribution in [2.24, 2.45) is 5.92 Å². The van der Waals surface area contributed by atoms with Crippen LogP contribution in [-0.2, 0) is 11.2 Å². The minimum atomic E-state index is 0.263. The fraction of sp³-hybridized carbons (Fsp3) is 0.500. The van der Waals surface area contributed by atoms with Crippen molar-refractivity contribution in [2.45, 2.75) is 32.6 Å². The molecule has 0 aromatic carbocycles. The Labute approximate surface area is 84.4 Å². The van der Waals surface area contributed by atoms with Crippen molar-refractivity contribution in [3.8, 4) is 0 Å². The third kappa shape index (κ3) is 2.00. The molecule has 1 aliphatic carbocycles. The first-order chi connectivity index (χ1) is 6.75. The summed E-state index contributed by atoms with van der Waals surface area (Å²) >= 11 is 0. The minimum absolute atomic E-state index is 0.263. The smallest absolute Gasteiger partial charge is 0.136 e. The molecule has 1 unspecified atom stereocenters. The van der Waals surface area contributed by atoms with Gasteiger partial charge in [-0.3, -0.25) is 9.78 Å². The van der Waals surface area contributed by atoms with Crippen molar-refractivity contribution >= 4 is 5.78 Å². The molecule has 14 heavy (non-hydrogen) atoms. The van der Waals surface area contributed by atoms with Crippen molar-refractivity contribution in [1.29, 1.82) is 0 Å². The molecule has 1 heterocycles. The van der Waals surface area contributed by atoms with Gasteiger partial charge in [0.1, 0.15) is 5.78 Å². The van der Waals surface area contributed by atoms with Crippen molar-refractivity contribution in [3.63, 3.8) is 0 Å². The number of pyridine rings is 1. The second-order valence-electron chi connectivity index (χ2n) is 4.13. The Morgan fingerprint density at radius 3 is 3.00 bits per heavy atom. The van der Waals surface area contributed by atoms with E-state index in [1.165, 1.54) is 11.1 Å². The Balaban J connectivity index is 2.07. The standard InChI is InChI=1S/C12H15NO/c1-9-5-10(8-13-7-9)6-11-3-2-4-12(11)14/h5,7-8,11H,2-4,6H2,1H3. The van der Waals surface area contributed by atoms with E-state index < -0.39 is 0 Å². The lowest BCUT2D eigenvalue weighted by Gasteiger charge is -2.07. The zero-order valence-electron chi connectivity index (χ0n) is 8.49. The van der Waals surface area contributed by atoms with Gasteiger partial charge >= 0.3 is 0 Å². The quantitative estimate of drug-likeness (QED) is 0.714. The number of nitrogens with zero attached hydrogens (tertiary/aromatic N) is 1. The van der Waals surface area contributed by atoms with Crippen LogP contribution >= 0.6 is 0 Å². The molecule has 0 spiro atoms. The molecule has 1 saturated carbocycles. The zero-order chi connectivity index (χ0) is 9.97. The number of aromatic nitrogens is 1. The number of Topliss-reactive ketones (excluding diaryl/α,β-unsaturated/α-hetero) is 1. The highest BCUT2D eigenvalue weighted by Gasteiger charge is 2.24. The zero-order valence-corrected chi connectivity index (χ0v) is 8.49. The van der Waals surface area contributed by atoms with Gasteiger partial charge in [0.2, 0.25) is 0 Å². The van der Waals surface area contributed by atoms with Gasteiger partial charge in [-0.2, -0.15) is 0 Å². The van der Waals surface area contributed by atoms with Gasteiger partial charge in [0.25, 0.3) is 0 Å². The summed E-state index contributed by atoms with van der Waals surface area (Å²) in [4.78, 5) is 15.6. The summed E-state index contributed by atoms with van der Waals surface area (Å²) in [5.41, 5.74) is 2.37. The third-order valence-electron chi connectivity index (χ3n) is 2.84. The number of ketones is 1. The molecule has 1 atom stereocenters. The summed E-state index contributed by atoms with van der Waals surface area (Å²) in [5, 5.41) is 0. The first-order valence-electron chi connectivity index (χ1n) is 5.19. The molecule has 1 aliphatic rings. The third-order valence-corrected chi connectivity index (χ3v) is 2.84. The SMILES string of the molecule is Cc1cncc(CC2CCCC2=O)c1. The van der Waals surface area contributed by atoms with E-state index in [2.05, 4.69) is 11.1 Å². The Kier molecular flexibility index (Phi) is 2.62. The molecule has 0 N–H and O–H groups in total. The lowest BCUT2D eigenvalue weighted by atomic mass is 9.98. The van der Waals surface area contributed by atoms with Gasteiger partial charge in [0.15, 0.2) is 0 Å². The number of hydrogen-bond acceptors (Lipinski definition) is 2. The van der Waals surface area contributed by atoms with E-state index in [4.69, 9.17) is 0 Å². The minimum Gasteiger partial charge on any atom is -0.299 e. The molecule has 0 aliphatic heterocycles. The van der Waals surface area contributed by atoms with E-state index in [0.29, 0.717) is 5.78 Å². The molecular weight excluding hydrogens is 174 g/mol. The van der Waals surface area contributed by atoms with Crippen LogP contribution in [0.5, 0.6) is 0 Å². The number of aryl methyl sites for hydroxylation is 1. The predicted molar refractivity (Wildman–Crippen MR) is 55.0 cm³/mol. The molecule has 2 nitrogen and oxygen atoms in total. The molecule has 0 amide bonds. The van der Waals surface area contributed by atoms with Crippen molar-refractivity contribution in [1.82, 2.24) is 4.98 Å². The molecule has 2 heteroatoms. The first-order valence-corrected chi connectivity index (χ1v) is 5.19. The predicted octanol–water partition coefficient (Wildman–Crippen LogP) is 2.30. The number of carbonyl (C=O) groups excluding carboxylic acids is 1. The van der Waals surface area contributed by atoms with Crippen LogP contribution in [0.3, 0.4) is 0 Å². The summed E-state index contributed by atoms with van der Waals surface area (Å²) < 4.78 is 0. The fourth-order valence-corrected chi connectivity index (χ4v) is 2.12. The molecular formula is C12H15NO. The summed E-state index contributed by atoms with van der Waals surface area (Å²) in [7, 11) is 0. The van der Waals surface area contributed by atoms with E-state index in [1.807, 2.05) is 19.3 Å². The van der Waals surface area contributed by atoms with Gasteiger partial charge in [0.05, 0.1) is 0 Å². The van der Waals surface area contributed by atoms with Crippen LogP contribution in [0.4, 0.5) is 0 Å². The Hall–Kier alpha value is -1.18. The van der Waals surface area contributed by atoms with Crippen LogP contribution in [0, 0.1) is 12.8 Å². The van der Waals surface area contributed by atoms with Gasteiger partial charge in [0, 0.05) is 24.7 Å². The van der Waals surface area contributed by atoms with Gasteiger partial charge in [-0.1, -0.05) is 6.07 Å².